The number of hydrogen-bond acceptors (Lipinski definition) is 5. The predicted octanol–water partition coefficient (Wildman–Crippen LogP) is 3.54. The van der Waals surface area contributed by atoms with Gasteiger partial charge in [-0.1, -0.05) is 23.5 Å². The summed E-state index contributed by atoms with van der Waals surface area (Å²) in [5, 5.41) is 0. The lowest BCUT2D eigenvalue weighted by molar-refractivity contribution is -0.151. The highest BCUT2D eigenvalue weighted by Crippen LogP contribution is 2.64. The van der Waals surface area contributed by atoms with Crippen LogP contribution in [-0.2, 0) is 16.1 Å². The summed E-state index contributed by atoms with van der Waals surface area (Å²) in [6.45, 7) is 1.57. The minimum Gasteiger partial charge on any atom is -0.459 e. The van der Waals surface area contributed by atoms with Crippen molar-refractivity contribution in [1.82, 2.24) is 9.38 Å². The largest absolute Gasteiger partial charge is 0.459 e. The maximum absolute atomic E-state index is 12.4. The number of carbonyl (C=O) groups excluding carboxylic acids is 1. The van der Waals surface area contributed by atoms with Crippen LogP contribution in [0.2, 0.25) is 0 Å². The van der Waals surface area contributed by atoms with Gasteiger partial charge in [0, 0.05) is 12.5 Å². The highest BCUT2D eigenvalue weighted by atomic mass is 35.5. The van der Waals surface area contributed by atoms with Gasteiger partial charge in [0.2, 0.25) is 0 Å². The van der Waals surface area contributed by atoms with Crippen LogP contribution in [0.1, 0.15) is 19.0 Å². The van der Waals surface area contributed by atoms with Crippen LogP contribution in [-0.4, -0.2) is 19.7 Å². The first kappa shape index (κ1) is 15.9. The van der Waals surface area contributed by atoms with E-state index in [-0.39, 0.29) is 12.2 Å². The van der Waals surface area contributed by atoms with Crippen molar-refractivity contribution >= 4 is 55.7 Å². The lowest BCUT2D eigenvalue weighted by Crippen LogP contribution is -2.22. The average Bonchev–Trinajstić information content (AvgIpc) is 2.90. The molecule has 24 heavy (non-hydrogen) atoms. The van der Waals surface area contributed by atoms with Crippen LogP contribution >= 0.6 is 34.5 Å². The van der Waals surface area contributed by atoms with Gasteiger partial charge in [0.25, 0.3) is 5.56 Å². The van der Waals surface area contributed by atoms with Gasteiger partial charge in [-0.15, -0.1) is 23.2 Å². The number of esters is 1. The van der Waals surface area contributed by atoms with E-state index >= 15 is 0 Å². The monoisotopic (exact) mass is 382 g/mol. The predicted molar refractivity (Wildman–Crippen MR) is 93.8 cm³/mol. The molecule has 0 bridgehead atoms. The van der Waals surface area contributed by atoms with Crippen LogP contribution in [0.5, 0.6) is 0 Å². The second kappa shape index (κ2) is 5.18. The van der Waals surface area contributed by atoms with Crippen molar-refractivity contribution in [3.8, 4) is 0 Å². The molecule has 5 nitrogen and oxygen atoms in total. The molecule has 124 valence electrons. The van der Waals surface area contributed by atoms with Gasteiger partial charge >= 0.3 is 5.97 Å². The van der Waals surface area contributed by atoms with E-state index in [1.54, 1.807) is 11.3 Å². The zero-order valence-electron chi connectivity index (χ0n) is 12.6. The summed E-state index contributed by atoms with van der Waals surface area (Å²) in [6.07, 6.45) is 0.355. The quantitative estimate of drug-likeness (QED) is 0.513. The van der Waals surface area contributed by atoms with E-state index in [9.17, 15) is 9.59 Å². The van der Waals surface area contributed by atoms with Crippen molar-refractivity contribution in [3.05, 3.63) is 46.4 Å². The van der Waals surface area contributed by atoms with E-state index in [2.05, 4.69) is 4.98 Å². The molecule has 4 rings (SSSR count). The molecule has 2 heterocycles. The van der Waals surface area contributed by atoms with Crippen LogP contribution in [0.3, 0.4) is 0 Å². The summed E-state index contributed by atoms with van der Waals surface area (Å²) in [4.78, 5) is 29.5. The Bertz CT molecular complexity index is 1040. The Hall–Kier alpha value is -1.63. The highest BCUT2D eigenvalue weighted by molar-refractivity contribution is 7.23. The Morgan fingerprint density at radius 3 is 2.83 bits per heavy atom. The molecule has 0 spiro atoms. The lowest BCUT2D eigenvalue weighted by atomic mass is 10.1. The number of thiazole rings is 1. The fraction of sp³-hybridized carbons (Fsp3) is 0.312. The van der Waals surface area contributed by atoms with E-state index in [0.717, 1.165) is 10.2 Å². The van der Waals surface area contributed by atoms with Gasteiger partial charge in [-0.05, 0) is 19.1 Å². The molecule has 0 N–H and O–H groups in total. The Morgan fingerprint density at radius 2 is 2.12 bits per heavy atom. The standard InChI is InChI=1S/C16H12Cl2N2O3S/c1-15(8-16(15,17)18)13(22)23-7-9-6-12(21)20-10-4-2-3-5-11(10)24-14(20)19-9/h2-6H,7-8H2,1H3. The van der Waals surface area contributed by atoms with Gasteiger partial charge in [-0.25, -0.2) is 4.98 Å². The first-order valence-electron chi connectivity index (χ1n) is 7.27. The summed E-state index contributed by atoms with van der Waals surface area (Å²) in [5.41, 5.74) is 0.120. The Kier molecular flexibility index (Phi) is 3.43. The number of rotatable bonds is 3. The van der Waals surface area contributed by atoms with Crippen LogP contribution in [0.4, 0.5) is 0 Å². The molecule has 1 fully saturated rings. The van der Waals surface area contributed by atoms with Crippen molar-refractivity contribution in [2.24, 2.45) is 5.41 Å². The van der Waals surface area contributed by atoms with Crippen LogP contribution in [0.15, 0.2) is 35.1 Å². The van der Waals surface area contributed by atoms with Crippen molar-refractivity contribution in [3.63, 3.8) is 0 Å². The second-order valence-electron chi connectivity index (χ2n) is 6.06. The lowest BCUT2D eigenvalue weighted by Gasteiger charge is -2.11. The molecular formula is C16H12Cl2N2O3S. The third kappa shape index (κ3) is 2.32. The number of aromatic nitrogens is 2. The number of fused-ring (bicyclic) bond motifs is 3. The van der Waals surface area contributed by atoms with Gasteiger partial charge in [-0.2, -0.15) is 0 Å². The molecule has 1 aromatic carbocycles. The number of hydrogen-bond donors (Lipinski definition) is 0. The molecule has 0 saturated heterocycles. The zero-order chi connectivity index (χ0) is 17.1. The Balaban J connectivity index is 1.63. The van der Waals surface area contributed by atoms with Gasteiger partial charge in [0.05, 0.1) is 15.9 Å². The van der Waals surface area contributed by atoms with E-state index < -0.39 is 15.7 Å². The fourth-order valence-corrected chi connectivity index (χ4v) is 4.36. The molecular weight excluding hydrogens is 371 g/mol. The minimum absolute atomic E-state index is 0.0851. The number of carbonyl (C=O) groups is 1. The minimum atomic E-state index is -1.08. The van der Waals surface area contributed by atoms with E-state index in [4.69, 9.17) is 27.9 Å². The number of ether oxygens (including phenoxy) is 1. The molecule has 0 aliphatic heterocycles. The number of halogens is 2. The summed E-state index contributed by atoms with van der Waals surface area (Å²) in [6, 6.07) is 8.96. The van der Waals surface area contributed by atoms with Gasteiger partial charge in [0.15, 0.2) is 4.96 Å². The maximum atomic E-state index is 12.4. The van der Waals surface area contributed by atoms with Crippen LogP contribution in [0, 0.1) is 5.41 Å². The Labute approximate surface area is 150 Å². The topological polar surface area (TPSA) is 60.7 Å². The van der Waals surface area contributed by atoms with Gasteiger partial charge in [0.1, 0.15) is 16.4 Å². The molecule has 0 amide bonds. The zero-order valence-corrected chi connectivity index (χ0v) is 14.9. The third-order valence-corrected chi connectivity index (χ3v) is 6.43. The third-order valence-electron chi connectivity index (χ3n) is 4.31. The van der Waals surface area contributed by atoms with Gasteiger partial charge in [-0.3, -0.25) is 14.0 Å². The molecule has 1 saturated carbocycles. The van der Waals surface area contributed by atoms with Crippen LogP contribution in [0.25, 0.3) is 15.2 Å². The number of benzene rings is 1. The number of para-hydroxylation sites is 1. The average molecular weight is 383 g/mol. The molecule has 1 unspecified atom stereocenters. The molecule has 1 aliphatic rings. The van der Waals surface area contributed by atoms with E-state index in [0.29, 0.717) is 17.1 Å². The molecule has 1 atom stereocenters. The molecule has 8 heteroatoms. The summed E-state index contributed by atoms with van der Waals surface area (Å²) in [7, 11) is 0. The first-order chi connectivity index (χ1) is 11.3. The highest BCUT2D eigenvalue weighted by Gasteiger charge is 2.69. The number of alkyl halides is 2. The van der Waals surface area contributed by atoms with E-state index in [1.165, 1.54) is 17.4 Å². The van der Waals surface area contributed by atoms with Crippen molar-refractivity contribution in [2.45, 2.75) is 24.3 Å². The number of nitrogens with zero attached hydrogens (tertiary/aromatic N) is 2. The molecule has 3 aromatic rings. The molecule has 0 radical (unpaired) electrons. The SMILES string of the molecule is CC1(C(=O)OCc2cc(=O)n3c(n2)sc2ccccc23)CC1(Cl)Cl. The first-order valence-corrected chi connectivity index (χ1v) is 8.84. The molecule has 1 aliphatic carbocycles. The Morgan fingerprint density at radius 1 is 1.42 bits per heavy atom. The van der Waals surface area contributed by atoms with Crippen molar-refractivity contribution in [2.75, 3.05) is 0 Å². The summed E-state index contributed by atoms with van der Waals surface area (Å²) >= 11 is 13.4. The smallest absolute Gasteiger partial charge is 0.315 e. The molecule has 2 aromatic heterocycles. The van der Waals surface area contributed by atoms with Crippen molar-refractivity contribution in [1.29, 1.82) is 0 Å². The van der Waals surface area contributed by atoms with E-state index in [1.807, 2.05) is 24.3 Å². The summed E-state index contributed by atoms with van der Waals surface area (Å²) in [5.74, 6) is -0.481. The van der Waals surface area contributed by atoms with Gasteiger partial charge < -0.3 is 4.74 Å². The summed E-state index contributed by atoms with van der Waals surface area (Å²) < 4.78 is 6.70. The fourth-order valence-electron chi connectivity index (χ4n) is 2.62. The van der Waals surface area contributed by atoms with Crippen LogP contribution < -0.4 is 5.56 Å². The normalized spacial score (nSPS) is 22.0. The maximum Gasteiger partial charge on any atom is 0.315 e. The second-order valence-corrected chi connectivity index (χ2v) is 8.56. The van der Waals surface area contributed by atoms with Crippen molar-refractivity contribution < 1.29 is 9.53 Å².